The molecule has 0 fully saturated rings. The predicted octanol–water partition coefficient (Wildman–Crippen LogP) is 1.69. The Morgan fingerprint density at radius 2 is 2.12 bits per heavy atom. The second-order valence-electron chi connectivity index (χ2n) is 3.88. The van der Waals surface area contributed by atoms with Crippen LogP contribution in [0.4, 0.5) is 0 Å². The molecule has 0 spiro atoms. The van der Waals surface area contributed by atoms with Crippen LogP contribution in [-0.4, -0.2) is 23.4 Å². The summed E-state index contributed by atoms with van der Waals surface area (Å²) in [4.78, 5) is 0. The third kappa shape index (κ3) is 2.17. The van der Waals surface area contributed by atoms with Crippen molar-refractivity contribution in [2.75, 3.05) is 13.7 Å². The summed E-state index contributed by atoms with van der Waals surface area (Å²) in [6, 6.07) is 7.84. The zero-order valence-electron chi connectivity index (χ0n) is 10.2. The molecule has 0 aliphatic heterocycles. The minimum absolute atomic E-state index is 0.637. The Bertz CT molecular complexity index is 505. The summed E-state index contributed by atoms with van der Waals surface area (Å²) in [5, 5.41) is 4.39. The Kier molecular flexibility index (Phi) is 3.44. The van der Waals surface area contributed by atoms with Crippen LogP contribution in [0.1, 0.15) is 11.3 Å². The lowest BCUT2D eigenvalue weighted by atomic mass is 10.2. The Hall–Kier alpha value is -1.81. The van der Waals surface area contributed by atoms with Crippen molar-refractivity contribution < 1.29 is 4.74 Å². The summed E-state index contributed by atoms with van der Waals surface area (Å²) in [5.41, 5.74) is 8.82. The van der Waals surface area contributed by atoms with Crippen LogP contribution in [0.25, 0.3) is 5.69 Å². The van der Waals surface area contributed by atoms with Crippen LogP contribution in [0.5, 0.6) is 5.75 Å². The highest BCUT2D eigenvalue weighted by atomic mass is 16.5. The lowest BCUT2D eigenvalue weighted by Crippen LogP contribution is -2.05. The first kappa shape index (κ1) is 11.7. The monoisotopic (exact) mass is 231 g/mol. The van der Waals surface area contributed by atoms with Gasteiger partial charge in [-0.3, -0.25) is 0 Å². The zero-order chi connectivity index (χ0) is 12.3. The first-order chi connectivity index (χ1) is 8.27. The largest absolute Gasteiger partial charge is 0.494 e. The number of hydrogen-bond acceptors (Lipinski definition) is 3. The smallest absolute Gasteiger partial charge is 0.144 e. The van der Waals surface area contributed by atoms with Gasteiger partial charge in [-0.05, 0) is 37.6 Å². The Morgan fingerprint density at radius 1 is 1.35 bits per heavy atom. The van der Waals surface area contributed by atoms with Crippen LogP contribution in [0.15, 0.2) is 30.5 Å². The van der Waals surface area contributed by atoms with E-state index in [1.807, 2.05) is 42.1 Å². The van der Waals surface area contributed by atoms with Crippen LogP contribution in [0, 0.1) is 6.92 Å². The van der Waals surface area contributed by atoms with Crippen molar-refractivity contribution in [3.05, 3.63) is 41.7 Å². The standard InChI is InChI=1S/C13H17N3O/c1-10-11(7-8-14)9-15-16(10)12-5-3-4-6-13(12)17-2/h3-6,9H,7-8,14H2,1-2H3. The van der Waals surface area contributed by atoms with Gasteiger partial charge in [0.2, 0.25) is 0 Å². The molecule has 0 amide bonds. The molecule has 1 aromatic carbocycles. The third-order valence-electron chi connectivity index (χ3n) is 2.84. The fourth-order valence-corrected chi connectivity index (χ4v) is 1.89. The highest BCUT2D eigenvalue weighted by Crippen LogP contribution is 2.23. The van der Waals surface area contributed by atoms with Gasteiger partial charge in [-0.1, -0.05) is 12.1 Å². The molecule has 2 aromatic rings. The lowest BCUT2D eigenvalue weighted by molar-refractivity contribution is 0.411. The summed E-state index contributed by atoms with van der Waals surface area (Å²) in [7, 11) is 1.67. The molecule has 0 radical (unpaired) electrons. The van der Waals surface area contributed by atoms with Gasteiger partial charge in [0.05, 0.1) is 13.3 Å². The topological polar surface area (TPSA) is 53.1 Å². The van der Waals surface area contributed by atoms with E-state index in [1.54, 1.807) is 7.11 Å². The molecule has 0 atom stereocenters. The van der Waals surface area contributed by atoms with Crippen LogP contribution >= 0.6 is 0 Å². The summed E-state index contributed by atoms with van der Waals surface area (Å²) in [6.07, 6.45) is 2.72. The fourth-order valence-electron chi connectivity index (χ4n) is 1.89. The van der Waals surface area contributed by atoms with Gasteiger partial charge in [0.25, 0.3) is 0 Å². The molecule has 17 heavy (non-hydrogen) atoms. The van der Waals surface area contributed by atoms with Gasteiger partial charge in [-0.15, -0.1) is 0 Å². The number of hydrogen-bond donors (Lipinski definition) is 1. The number of methoxy groups -OCH3 is 1. The van der Waals surface area contributed by atoms with Gasteiger partial charge in [-0.25, -0.2) is 4.68 Å². The molecule has 4 heteroatoms. The van der Waals surface area contributed by atoms with E-state index in [-0.39, 0.29) is 0 Å². The number of aromatic nitrogens is 2. The molecular formula is C13H17N3O. The zero-order valence-corrected chi connectivity index (χ0v) is 10.2. The van der Waals surface area contributed by atoms with E-state index in [1.165, 1.54) is 5.56 Å². The van der Waals surface area contributed by atoms with E-state index in [0.29, 0.717) is 6.54 Å². The van der Waals surface area contributed by atoms with Crippen molar-refractivity contribution in [3.63, 3.8) is 0 Å². The Morgan fingerprint density at radius 3 is 2.82 bits per heavy atom. The first-order valence-electron chi connectivity index (χ1n) is 5.65. The van der Waals surface area contributed by atoms with E-state index in [4.69, 9.17) is 10.5 Å². The maximum absolute atomic E-state index is 5.57. The normalized spacial score (nSPS) is 10.5. The fraction of sp³-hybridized carbons (Fsp3) is 0.308. The summed E-state index contributed by atoms with van der Waals surface area (Å²) in [5.74, 6) is 0.818. The Balaban J connectivity index is 2.46. The molecule has 0 aliphatic carbocycles. The second kappa shape index (κ2) is 5.01. The number of nitrogens with zero attached hydrogens (tertiary/aromatic N) is 2. The second-order valence-corrected chi connectivity index (χ2v) is 3.88. The molecule has 90 valence electrons. The highest BCUT2D eigenvalue weighted by molar-refractivity contribution is 5.47. The van der Waals surface area contributed by atoms with Crippen molar-refractivity contribution in [1.82, 2.24) is 9.78 Å². The SMILES string of the molecule is COc1ccccc1-n1ncc(CCN)c1C. The Labute approximate surface area is 101 Å². The lowest BCUT2D eigenvalue weighted by Gasteiger charge is -2.10. The molecule has 0 bridgehead atoms. The highest BCUT2D eigenvalue weighted by Gasteiger charge is 2.10. The van der Waals surface area contributed by atoms with Crippen molar-refractivity contribution in [2.45, 2.75) is 13.3 Å². The summed E-state index contributed by atoms with van der Waals surface area (Å²) in [6.45, 7) is 2.68. The van der Waals surface area contributed by atoms with E-state index in [0.717, 1.165) is 23.6 Å². The van der Waals surface area contributed by atoms with Crippen molar-refractivity contribution in [1.29, 1.82) is 0 Å². The average molecular weight is 231 g/mol. The van der Waals surface area contributed by atoms with Crippen molar-refractivity contribution in [2.24, 2.45) is 5.73 Å². The molecule has 0 unspecified atom stereocenters. The number of benzene rings is 1. The van der Waals surface area contributed by atoms with Gasteiger partial charge in [0.1, 0.15) is 11.4 Å². The third-order valence-corrected chi connectivity index (χ3v) is 2.84. The minimum atomic E-state index is 0.637. The predicted molar refractivity (Wildman–Crippen MR) is 67.6 cm³/mol. The average Bonchev–Trinajstić information content (AvgIpc) is 2.72. The summed E-state index contributed by atoms with van der Waals surface area (Å²) < 4.78 is 7.23. The quantitative estimate of drug-likeness (QED) is 0.871. The molecule has 1 aromatic heterocycles. The van der Waals surface area contributed by atoms with Gasteiger partial charge in [-0.2, -0.15) is 5.10 Å². The molecule has 1 heterocycles. The van der Waals surface area contributed by atoms with Gasteiger partial charge < -0.3 is 10.5 Å². The molecule has 2 N–H and O–H groups in total. The van der Waals surface area contributed by atoms with E-state index < -0.39 is 0 Å². The van der Waals surface area contributed by atoms with Crippen molar-refractivity contribution in [3.8, 4) is 11.4 Å². The van der Waals surface area contributed by atoms with E-state index in [2.05, 4.69) is 5.10 Å². The van der Waals surface area contributed by atoms with Gasteiger partial charge >= 0.3 is 0 Å². The first-order valence-corrected chi connectivity index (χ1v) is 5.65. The molecule has 0 saturated carbocycles. The van der Waals surface area contributed by atoms with Gasteiger partial charge in [0.15, 0.2) is 0 Å². The molecule has 2 rings (SSSR count). The van der Waals surface area contributed by atoms with Crippen LogP contribution in [0.3, 0.4) is 0 Å². The van der Waals surface area contributed by atoms with Crippen LogP contribution < -0.4 is 10.5 Å². The minimum Gasteiger partial charge on any atom is -0.494 e. The number of rotatable bonds is 4. The van der Waals surface area contributed by atoms with Crippen LogP contribution in [-0.2, 0) is 6.42 Å². The molecule has 4 nitrogen and oxygen atoms in total. The van der Waals surface area contributed by atoms with Gasteiger partial charge in [0, 0.05) is 5.69 Å². The number of nitrogens with two attached hydrogens (primary N) is 1. The number of para-hydroxylation sites is 2. The maximum atomic E-state index is 5.57. The van der Waals surface area contributed by atoms with E-state index >= 15 is 0 Å². The molecular weight excluding hydrogens is 214 g/mol. The molecule has 0 saturated heterocycles. The maximum Gasteiger partial charge on any atom is 0.144 e. The van der Waals surface area contributed by atoms with Crippen molar-refractivity contribution >= 4 is 0 Å². The van der Waals surface area contributed by atoms with E-state index in [9.17, 15) is 0 Å². The summed E-state index contributed by atoms with van der Waals surface area (Å²) >= 11 is 0. The number of ether oxygens (including phenoxy) is 1. The molecule has 0 aliphatic rings. The van der Waals surface area contributed by atoms with Crippen LogP contribution in [0.2, 0.25) is 0 Å².